The topological polar surface area (TPSA) is 89.9 Å². The Labute approximate surface area is 170 Å². The Morgan fingerprint density at radius 2 is 2.22 bits per heavy atom. The first-order valence-corrected chi connectivity index (χ1v) is 9.58. The maximum atomic E-state index is 11.6. The van der Waals surface area contributed by atoms with E-state index < -0.39 is 6.09 Å². The molecule has 0 atom stereocenters. The number of hydrogen-bond acceptors (Lipinski definition) is 7. The predicted octanol–water partition coefficient (Wildman–Crippen LogP) is 4.83. The van der Waals surface area contributed by atoms with Crippen LogP contribution < -0.4 is 5.32 Å². The summed E-state index contributed by atoms with van der Waals surface area (Å²) in [4.78, 5) is 32.0. The molecule has 0 bridgehead atoms. The number of thiazole rings is 1. The number of carbonyl (C=O) groups excluding carboxylic acids is 2. The standard InChI is InChI=1S/C17H16Cl2N3O4S/c1-2-3-6-25-17(24)21-16-20-15(10-27-16)14(8-23)22-26-9-11-7-12(18)4-5-13(11)19/h4-5,7,10H,2-3,6,9H2,1H3,(H,20,21,24)/b22-14+. The minimum atomic E-state index is -0.607. The van der Waals surface area contributed by atoms with Crippen molar-refractivity contribution in [2.45, 2.75) is 26.4 Å². The SMILES string of the molecule is CCCCOC(=O)Nc1nc(/C([C]=O)=N/OCc2cc(Cl)ccc2Cl)cs1. The zero-order valence-electron chi connectivity index (χ0n) is 14.3. The normalized spacial score (nSPS) is 11.1. The molecule has 1 N–H and O–H groups in total. The molecule has 1 aromatic heterocycles. The number of nitrogens with zero attached hydrogens (tertiary/aromatic N) is 2. The predicted molar refractivity (Wildman–Crippen MR) is 105 cm³/mol. The van der Waals surface area contributed by atoms with Gasteiger partial charge in [-0.25, -0.2) is 9.78 Å². The summed E-state index contributed by atoms with van der Waals surface area (Å²) < 4.78 is 4.98. The van der Waals surface area contributed by atoms with Gasteiger partial charge in [0.05, 0.1) is 6.61 Å². The van der Waals surface area contributed by atoms with Crippen LogP contribution in [0.5, 0.6) is 0 Å². The van der Waals surface area contributed by atoms with Crippen LogP contribution in [-0.4, -0.2) is 29.7 Å². The average Bonchev–Trinajstić information content (AvgIpc) is 3.10. The smallest absolute Gasteiger partial charge is 0.413 e. The average molecular weight is 429 g/mol. The van der Waals surface area contributed by atoms with Gasteiger partial charge in [-0.15, -0.1) is 11.3 Å². The molecule has 0 saturated heterocycles. The van der Waals surface area contributed by atoms with Crippen molar-refractivity contribution < 1.29 is 19.2 Å². The molecular formula is C17H16Cl2N3O4S. The molecule has 0 aliphatic heterocycles. The van der Waals surface area contributed by atoms with Crippen LogP contribution in [0.4, 0.5) is 9.93 Å². The van der Waals surface area contributed by atoms with E-state index >= 15 is 0 Å². The Morgan fingerprint density at radius 3 is 2.96 bits per heavy atom. The second-order valence-electron chi connectivity index (χ2n) is 5.20. The molecule has 10 heteroatoms. The molecule has 1 heterocycles. The molecular weight excluding hydrogens is 413 g/mol. The second-order valence-corrected chi connectivity index (χ2v) is 6.91. The maximum Gasteiger partial charge on any atom is 0.413 e. The maximum absolute atomic E-state index is 11.6. The first kappa shape index (κ1) is 21.1. The van der Waals surface area contributed by atoms with Crippen LogP contribution in [0, 0.1) is 0 Å². The van der Waals surface area contributed by atoms with Gasteiger partial charge >= 0.3 is 6.09 Å². The number of carbonyl (C=O) groups is 1. The van der Waals surface area contributed by atoms with Crippen molar-refractivity contribution in [1.82, 2.24) is 4.98 Å². The zero-order chi connectivity index (χ0) is 19.6. The number of ether oxygens (including phenoxy) is 1. The summed E-state index contributed by atoms with van der Waals surface area (Å²) in [5.41, 5.74) is 0.696. The van der Waals surface area contributed by atoms with E-state index in [4.69, 9.17) is 32.8 Å². The summed E-state index contributed by atoms with van der Waals surface area (Å²) in [5, 5.41) is 8.99. The molecule has 0 spiro atoms. The first-order valence-electron chi connectivity index (χ1n) is 7.95. The number of amides is 1. The molecule has 7 nitrogen and oxygen atoms in total. The number of anilines is 1. The van der Waals surface area contributed by atoms with Crippen molar-refractivity contribution >= 4 is 57.8 Å². The highest BCUT2D eigenvalue weighted by atomic mass is 35.5. The summed E-state index contributed by atoms with van der Waals surface area (Å²) in [7, 11) is 0. The van der Waals surface area contributed by atoms with Crippen LogP contribution in [0.3, 0.4) is 0 Å². The molecule has 0 aliphatic carbocycles. The monoisotopic (exact) mass is 428 g/mol. The summed E-state index contributed by atoms with van der Waals surface area (Å²) in [6, 6.07) is 4.92. The van der Waals surface area contributed by atoms with Crippen LogP contribution >= 0.6 is 34.5 Å². The molecule has 0 unspecified atom stereocenters. The molecule has 0 saturated carbocycles. The van der Waals surface area contributed by atoms with E-state index in [0.29, 0.717) is 22.2 Å². The Hall–Kier alpha value is -2.16. The molecule has 2 rings (SSSR count). The van der Waals surface area contributed by atoms with E-state index in [9.17, 15) is 9.59 Å². The van der Waals surface area contributed by atoms with Crippen molar-refractivity contribution in [2.24, 2.45) is 5.16 Å². The van der Waals surface area contributed by atoms with Crippen molar-refractivity contribution in [2.75, 3.05) is 11.9 Å². The van der Waals surface area contributed by atoms with Gasteiger partial charge in [0.2, 0.25) is 0 Å². The summed E-state index contributed by atoms with van der Waals surface area (Å²) >= 11 is 13.1. The lowest BCUT2D eigenvalue weighted by Crippen LogP contribution is -2.14. The Bertz CT molecular complexity index is 826. The summed E-state index contributed by atoms with van der Waals surface area (Å²) in [5.74, 6) is 0. The zero-order valence-corrected chi connectivity index (χ0v) is 16.7. The van der Waals surface area contributed by atoms with Gasteiger partial charge in [-0.1, -0.05) is 41.7 Å². The largest absolute Gasteiger partial charge is 0.449 e. The summed E-state index contributed by atoms with van der Waals surface area (Å²) in [6.07, 6.45) is 2.75. The molecule has 2 aromatic rings. The number of benzene rings is 1. The van der Waals surface area contributed by atoms with Gasteiger partial charge in [-0.05, 0) is 24.6 Å². The molecule has 0 aliphatic rings. The highest BCUT2D eigenvalue weighted by molar-refractivity contribution is 7.14. The number of nitrogens with one attached hydrogen (secondary N) is 1. The lowest BCUT2D eigenvalue weighted by Gasteiger charge is -2.04. The minimum Gasteiger partial charge on any atom is -0.449 e. The molecule has 1 radical (unpaired) electrons. The van der Waals surface area contributed by atoms with E-state index in [1.807, 2.05) is 6.92 Å². The number of rotatable bonds is 9. The Balaban J connectivity index is 1.95. The van der Waals surface area contributed by atoms with Gasteiger partial charge < -0.3 is 9.57 Å². The van der Waals surface area contributed by atoms with Crippen molar-refractivity contribution in [3.05, 3.63) is 44.9 Å². The third-order valence-electron chi connectivity index (χ3n) is 3.17. The van der Waals surface area contributed by atoms with Crippen molar-refractivity contribution in [1.29, 1.82) is 0 Å². The third kappa shape index (κ3) is 6.82. The fourth-order valence-corrected chi connectivity index (χ4v) is 2.86. The van der Waals surface area contributed by atoms with Crippen molar-refractivity contribution in [3.8, 4) is 0 Å². The summed E-state index contributed by atoms with van der Waals surface area (Å²) in [6.45, 7) is 2.34. The van der Waals surface area contributed by atoms with E-state index in [2.05, 4.69) is 15.5 Å². The van der Waals surface area contributed by atoms with Crippen LogP contribution in [0.1, 0.15) is 31.0 Å². The number of aromatic nitrogens is 1. The van der Waals surface area contributed by atoms with E-state index in [1.54, 1.807) is 29.9 Å². The lowest BCUT2D eigenvalue weighted by atomic mass is 10.2. The van der Waals surface area contributed by atoms with Gasteiger partial charge in [-0.2, -0.15) is 0 Å². The molecule has 143 valence electrons. The minimum absolute atomic E-state index is 0.0174. The van der Waals surface area contributed by atoms with Gasteiger partial charge in [0, 0.05) is 21.0 Å². The van der Waals surface area contributed by atoms with Crippen LogP contribution in [0.2, 0.25) is 10.0 Å². The highest BCUT2D eigenvalue weighted by Gasteiger charge is 2.13. The van der Waals surface area contributed by atoms with Gasteiger partial charge in [0.1, 0.15) is 12.3 Å². The lowest BCUT2D eigenvalue weighted by molar-refractivity contribution is 0.131. The quantitative estimate of drug-likeness (QED) is 0.350. The fourth-order valence-electron chi connectivity index (χ4n) is 1.81. The van der Waals surface area contributed by atoms with Gasteiger partial charge in [0.25, 0.3) is 6.29 Å². The number of oxime groups is 1. The van der Waals surface area contributed by atoms with Crippen LogP contribution in [-0.2, 0) is 21.0 Å². The van der Waals surface area contributed by atoms with Crippen LogP contribution in [0.15, 0.2) is 28.7 Å². The third-order valence-corrected chi connectivity index (χ3v) is 4.53. The second kappa shape index (κ2) is 10.9. The fraction of sp³-hybridized carbons (Fsp3) is 0.294. The number of unbranched alkanes of at least 4 members (excludes halogenated alkanes) is 1. The van der Waals surface area contributed by atoms with E-state index in [0.717, 1.165) is 24.2 Å². The number of hydrogen-bond donors (Lipinski definition) is 1. The molecule has 1 amide bonds. The molecule has 0 fully saturated rings. The first-order chi connectivity index (χ1) is 13.0. The van der Waals surface area contributed by atoms with E-state index in [1.165, 1.54) is 0 Å². The highest BCUT2D eigenvalue weighted by Crippen LogP contribution is 2.21. The van der Waals surface area contributed by atoms with Gasteiger partial charge in [-0.3, -0.25) is 10.1 Å². The van der Waals surface area contributed by atoms with E-state index in [-0.39, 0.29) is 23.1 Å². The number of halogens is 2. The van der Waals surface area contributed by atoms with Crippen molar-refractivity contribution in [3.63, 3.8) is 0 Å². The van der Waals surface area contributed by atoms with Gasteiger partial charge in [0.15, 0.2) is 10.8 Å². The van der Waals surface area contributed by atoms with Crippen LogP contribution in [0.25, 0.3) is 0 Å². The Morgan fingerprint density at radius 1 is 1.41 bits per heavy atom. The molecule has 27 heavy (non-hydrogen) atoms. The Kier molecular flexibility index (Phi) is 8.50. The molecule has 1 aromatic carbocycles.